The first-order valence-corrected chi connectivity index (χ1v) is 7.97. The quantitative estimate of drug-likeness (QED) is 0.712. The lowest BCUT2D eigenvalue weighted by atomic mass is 10.0. The highest BCUT2D eigenvalue weighted by Gasteiger charge is 2.23. The van der Waals surface area contributed by atoms with Crippen LogP contribution in [0, 0.1) is 11.7 Å². The highest BCUT2D eigenvalue weighted by Crippen LogP contribution is 2.22. The van der Waals surface area contributed by atoms with Gasteiger partial charge in [-0.3, -0.25) is 4.79 Å². The highest BCUT2D eigenvalue weighted by atomic mass is 19.1. The molecule has 5 nitrogen and oxygen atoms in total. The van der Waals surface area contributed by atoms with Crippen molar-refractivity contribution in [2.75, 3.05) is 0 Å². The van der Waals surface area contributed by atoms with Gasteiger partial charge >= 0.3 is 5.97 Å². The molecule has 0 fully saturated rings. The van der Waals surface area contributed by atoms with Crippen molar-refractivity contribution in [1.82, 2.24) is 10.3 Å². The number of fused-ring (bicyclic) bond motifs is 1. The fourth-order valence-electron chi connectivity index (χ4n) is 3.10. The van der Waals surface area contributed by atoms with E-state index >= 15 is 0 Å². The Bertz CT molecular complexity index is 797. The lowest BCUT2D eigenvalue weighted by molar-refractivity contribution is -0.141. The standard InChI is InChI=1S/C18H19FN2O3/c19-13-5-6-14-12(10-20-15(14)9-13)8-16(18(23)24)21-17(22)7-11-3-1-2-4-11/h1,3,5-6,9-11,16,20H,2,4,7-8H2,(H,21,22)(H,23,24)/t11-,16-/m1/s1. The number of carbonyl (C=O) groups excluding carboxylic acids is 1. The lowest BCUT2D eigenvalue weighted by Gasteiger charge is -2.15. The second-order valence-electron chi connectivity index (χ2n) is 6.14. The Kier molecular flexibility index (Phi) is 4.64. The Morgan fingerprint density at radius 1 is 1.42 bits per heavy atom. The second-order valence-corrected chi connectivity index (χ2v) is 6.14. The maximum absolute atomic E-state index is 13.2. The molecule has 0 aliphatic heterocycles. The van der Waals surface area contributed by atoms with E-state index in [-0.39, 0.29) is 24.1 Å². The average Bonchev–Trinajstić information content (AvgIpc) is 3.16. The Balaban J connectivity index is 1.69. The summed E-state index contributed by atoms with van der Waals surface area (Å²) in [5.74, 6) is -1.51. The van der Waals surface area contributed by atoms with Crippen molar-refractivity contribution in [3.05, 3.63) is 47.9 Å². The molecule has 3 rings (SSSR count). The molecule has 0 unspecified atom stereocenters. The number of carboxylic acids is 1. The number of allylic oxidation sites excluding steroid dienone is 2. The summed E-state index contributed by atoms with van der Waals surface area (Å²) in [6.45, 7) is 0. The molecule has 126 valence electrons. The molecule has 0 saturated carbocycles. The Labute approximate surface area is 138 Å². The van der Waals surface area contributed by atoms with E-state index in [4.69, 9.17) is 0 Å². The summed E-state index contributed by atoms with van der Waals surface area (Å²) in [7, 11) is 0. The molecule has 1 aliphatic carbocycles. The van der Waals surface area contributed by atoms with Gasteiger partial charge in [0, 0.05) is 29.9 Å². The maximum Gasteiger partial charge on any atom is 0.326 e. The predicted octanol–water partition coefficient (Wildman–Crippen LogP) is 2.78. The van der Waals surface area contributed by atoms with Crippen molar-refractivity contribution in [2.45, 2.75) is 31.7 Å². The minimum atomic E-state index is -1.08. The number of H-pyrrole nitrogens is 1. The SMILES string of the molecule is O=C(C[C@@H]1C=CCC1)N[C@H](Cc1c[nH]c2cc(F)ccc12)C(=O)O. The van der Waals surface area contributed by atoms with Crippen LogP contribution in [0.5, 0.6) is 0 Å². The van der Waals surface area contributed by atoms with Crippen LogP contribution in [0.4, 0.5) is 4.39 Å². The van der Waals surface area contributed by atoms with Gasteiger partial charge < -0.3 is 15.4 Å². The highest BCUT2D eigenvalue weighted by molar-refractivity contribution is 5.86. The lowest BCUT2D eigenvalue weighted by Crippen LogP contribution is -2.42. The van der Waals surface area contributed by atoms with E-state index in [1.165, 1.54) is 12.1 Å². The number of rotatable bonds is 6. The van der Waals surface area contributed by atoms with Gasteiger partial charge in [0.15, 0.2) is 0 Å². The van der Waals surface area contributed by atoms with E-state index in [0.717, 1.165) is 23.8 Å². The van der Waals surface area contributed by atoms with Crippen LogP contribution in [-0.4, -0.2) is 28.0 Å². The maximum atomic E-state index is 13.2. The molecular weight excluding hydrogens is 311 g/mol. The topological polar surface area (TPSA) is 82.2 Å². The van der Waals surface area contributed by atoms with E-state index in [0.29, 0.717) is 11.9 Å². The number of nitrogens with one attached hydrogen (secondary N) is 2. The molecule has 0 spiro atoms. The number of hydrogen-bond acceptors (Lipinski definition) is 2. The number of halogens is 1. The van der Waals surface area contributed by atoms with Crippen molar-refractivity contribution in [3.63, 3.8) is 0 Å². The van der Waals surface area contributed by atoms with Gasteiger partial charge in [-0.15, -0.1) is 0 Å². The average molecular weight is 330 g/mol. The van der Waals surface area contributed by atoms with Crippen LogP contribution in [0.25, 0.3) is 10.9 Å². The first-order chi connectivity index (χ1) is 11.5. The molecule has 0 radical (unpaired) electrons. The van der Waals surface area contributed by atoms with E-state index < -0.39 is 12.0 Å². The number of carboxylic acid groups (broad SMARTS) is 1. The summed E-state index contributed by atoms with van der Waals surface area (Å²) < 4.78 is 13.2. The first-order valence-electron chi connectivity index (χ1n) is 7.97. The van der Waals surface area contributed by atoms with E-state index in [1.54, 1.807) is 12.3 Å². The Hall–Kier alpha value is -2.63. The fourth-order valence-corrected chi connectivity index (χ4v) is 3.10. The van der Waals surface area contributed by atoms with Gasteiger partial charge in [-0.1, -0.05) is 12.2 Å². The normalized spacial score (nSPS) is 18.0. The number of amides is 1. The fraction of sp³-hybridized carbons (Fsp3) is 0.333. The van der Waals surface area contributed by atoms with Crippen molar-refractivity contribution >= 4 is 22.8 Å². The number of aromatic amines is 1. The number of carbonyl (C=O) groups is 2. The second kappa shape index (κ2) is 6.86. The third-order valence-electron chi connectivity index (χ3n) is 4.35. The van der Waals surface area contributed by atoms with Crippen LogP contribution in [0.15, 0.2) is 36.5 Å². The third kappa shape index (κ3) is 3.64. The number of benzene rings is 1. The van der Waals surface area contributed by atoms with Gasteiger partial charge in [-0.25, -0.2) is 9.18 Å². The summed E-state index contributed by atoms with van der Waals surface area (Å²) in [4.78, 5) is 26.5. The first kappa shape index (κ1) is 16.2. The van der Waals surface area contributed by atoms with E-state index in [9.17, 15) is 19.1 Å². The van der Waals surface area contributed by atoms with Crippen LogP contribution in [0.3, 0.4) is 0 Å². The third-order valence-corrected chi connectivity index (χ3v) is 4.35. The molecule has 1 aromatic heterocycles. The molecule has 1 aliphatic rings. The molecule has 3 N–H and O–H groups in total. The monoisotopic (exact) mass is 330 g/mol. The van der Waals surface area contributed by atoms with Crippen LogP contribution in [0.1, 0.15) is 24.8 Å². The van der Waals surface area contributed by atoms with Gasteiger partial charge in [0.05, 0.1) is 0 Å². The zero-order valence-electron chi connectivity index (χ0n) is 13.1. The molecular formula is C18H19FN2O3. The molecule has 1 heterocycles. The summed E-state index contributed by atoms with van der Waals surface area (Å²) in [6, 6.07) is 3.30. The summed E-state index contributed by atoms with van der Waals surface area (Å²) in [5, 5.41) is 12.8. The number of hydrogen-bond donors (Lipinski definition) is 3. The molecule has 0 saturated heterocycles. The van der Waals surface area contributed by atoms with Crippen LogP contribution in [-0.2, 0) is 16.0 Å². The molecule has 24 heavy (non-hydrogen) atoms. The van der Waals surface area contributed by atoms with Gasteiger partial charge in [-0.05, 0) is 42.5 Å². The zero-order chi connectivity index (χ0) is 17.1. The van der Waals surface area contributed by atoms with Crippen molar-refractivity contribution < 1.29 is 19.1 Å². The summed E-state index contributed by atoms with van der Waals surface area (Å²) in [5.41, 5.74) is 1.34. The summed E-state index contributed by atoms with van der Waals surface area (Å²) in [6.07, 6.45) is 8.05. The van der Waals surface area contributed by atoms with E-state index in [1.807, 2.05) is 12.2 Å². The summed E-state index contributed by atoms with van der Waals surface area (Å²) >= 11 is 0. The van der Waals surface area contributed by atoms with Gasteiger partial charge in [0.2, 0.25) is 5.91 Å². The van der Waals surface area contributed by atoms with Crippen molar-refractivity contribution in [1.29, 1.82) is 0 Å². The largest absolute Gasteiger partial charge is 0.480 e. The smallest absolute Gasteiger partial charge is 0.326 e. The van der Waals surface area contributed by atoms with Crippen molar-refractivity contribution in [2.24, 2.45) is 5.92 Å². The Morgan fingerprint density at radius 2 is 2.25 bits per heavy atom. The zero-order valence-corrected chi connectivity index (χ0v) is 13.1. The van der Waals surface area contributed by atoms with Gasteiger partial charge in [0.1, 0.15) is 11.9 Å². The molecule has 2 atom stereocenters. The minimum Gasteiger partial charge on any atom is -0.480 e. The number of aromatic nitrogens is 1. The Morgan fingerprint density at radius 3 is 2.96 bits per heavy atom. The van der Waals surface area contributed by atoms with Gasteiger partial charge in [0.25, 0.3) is 0 Å². The predicted molar refractivity (Wildman–Crippen MR) is 88.0 cm³/mol. The molecule has 1 aromatic carbocycles. The van der Waals surface area contributed by atoms with E-state index in [2.05, 4.69) is 10.3 Å². The van der Waals surface area contributed by atoms with Crippen LogP contribution >= 0.6 is 0 Å². The number of aliphatic carboxylic acids is 1. The molecule has 2 aromatic rings. The minimum absolute atomic E-state index is 0.146. The molecule has 1 amide bonds. The molecule has 0 bridgehead atoms. The van der Waals surface area contributed by atoms with Crippen molar-refractivity contribution in [3.8, 4) is 0 Å². The van der Waals surface area contributed by atoms with Crippen LogP contribution in [0.2, 0.25) is 0 Å². The van der Waals surface area contributed by atoms with Crippen LogP contribution < -0.4 is 5.32 Å². The van der Waals surface area contributed by atoms with Gasteiger partial charge in [-0.2, -0.15) is 0 Å². The molecule has 6 heteroatoms.